The van der Waals surface area contributed by atoms with Gasteiger partial charge >= 0.3 is 0 Å². The fraction of sp³-hybridized carbons (Fsp3) is 0.324. The Hall–Kier alpha value is -4.28. The molecule has 3 aromatic carbocycles. The number of amides is 2. The molecule has 0 aliphatic carbocycles. The molecule has 0 unspecified atom stereocenters. The van der Waals surface area contributed by atoms with Gasteiger partial charge in [-0.3, -0.25) is 14.5 Å². The lowest BCUT2D eigenvalue weighted by molar-refractivity contribution is -0.123. The van der Waals surface area contributed by atoms with E-state index in [0.29, 0.717) is 30.5 Å². The van der Waals surface area contributed by atoms with Crippen LogP contribution in [0.2, 0.25) is 0 Å². The Kier molecular flexibility index (Phi) is 7.78. The van der Waals surface area contributed by atoms with Gasteiger partial charge in [-0.1, -0.05) is 54.1 Å². The highest BCUT2D eigenvalue weighted by atomic mass is 32.2. The monoisotopic (exact) mass is 610 g/mol. The maximum Gasteiger partial charge on any atom is 0.240 e. The standard InChI is InChI=1S/C34H34N4O5S/c1-21-10-12-26(22(2)15-21)38-34-31(32(36-38)23-7-4-3-5-8-23)33(24-11-13-27-28(16-24)43-20-42-27)44-19-30(40)37(34)18-29(39)35-17-25-9-6-14-41-25/h3-5,7-8,10-13,15-16,25,33H,6,9,14,17-20H2,1-2H3,(H,35,39)/t25-,33-/m0/s1. The molecular weight excluding hydrogens is 576 g/mol. The van der Waals surface area contributed by atoms with Gasteiger partial charge in [0.25, 0.3) is 0 Å². The van der Waals surface area contributed by atoms with Gasteiger partial charge in [-0.2, -0.15) is 5.10 Å². The van der Waals surface area contributed by atoms with Crippen molar-refractivity contribution in [3.05, 3.63) is 89.0 Å². The lowest BCUT2D eigenvalue weighted by Crippen LogP contribution is -2.44. The van der Waals surface area contributed by atoms with Gasteiger partial charge in [-0.05, 0) is 56.0 Å². The summed E-state index contributed by atoms with van der Waals surface area (Å²) in [6, 6.07) is 22.1. The molecule has 4 aromatic rings. The first-order valence-corrected chi connectivity index (χ1v) is 16.0. The average Bonchev–Trinajstić information content (AvgIpc) is 3.78. The van der Waals surface area contributed by atoms with Crippen molar-refractivity contribution in [3.8, 4) is 28.4 Å². The third-order valence-corrected chi connectivity index (χ3v) is 9.52. The number of anilines is 1. The molecule has 44 heavy (non-hydrogen) atoms. The molecule has 1 aromatic heterocycles. The molecular formula is C34H34N4O5S. The third-order valence-electron chi connectivity index (χ3n) is 8.27. The van der Waals surface area contributed by atoms with E-state index in [1.165, 1.54) is 11.8 Å². The maximum atomic E-state index is 14.0. The fourth-order valence-electron chi connectivity index (χ4n) is 6.11. The molecule has 3 aliphatic heterocycles. The number of nitrogens with zero attached hydrogens (tertiary/aromatic N) is 3. The summed E-state index contributed by atoms with van der Waals surface area (Å²) in [4.78, 5) is 29.1. The van der Waals surface area contributed by atoms with Crippen molar-refractivity contribution in [3.63, 3.8) is 0 Å². The number of hydrogen-bond acceptors (Lipinski definition) is 7. The SMILES string of the molecule is Cc1ccc(-n2nc(-c3ccccc3)c3c2N(CC(=O)NC[C@@H]2CCCO2)C(=O)CS[C@H]3c2ccc3c(c2)OCO3)c(C)c1. The zero-order chi connectivity index (χ0) is 30.2. The minimum Gasteiger partial charge on any atom is -0.454 e. The van der Waals surface area contributed by atoms with Gasteiger partial charge in [0.1, 0.15) is 12.4 Å². The summed E-state index contributed by atoms with van der Waals surface area (Å²) in [6.45, 7) is 5.28. The summed E-state index contributed by atoms with van der Waals surface area (Å²) in [6.07, 6.45) is 1.91. The summed E-state index contributed by atoms with van der Waals surface area (Å²) in [5.74, 6) is 1.77. The highest BCUT2D eigenvalue weighted by Gasteiger charge is 2.38. The molecule has 0 bridgehead atoms. The predicted octanol–water partition coefficient (Wildman–Crippen LogP) is 5.35. The van der Waals surface area contributed by atoms with E-state index in [-0.39, 0.29) is 42.3 Å². The summed E-state index contributed by atoms with van der Waals surface area (Å²) in [5, 5.41) is 7.96. The van der Waals surface area contributed by atoms with Crippen molar-refractivity contribution in [1.82, 2.24) is 15.1 Å². The number of ether oxygens (including phenoxy) is 3. The second kappa shape index (κ2) is 12.0. The number of benzene rings is 3. The average molecular weight is 611 g/mol. The van der Waals surface area contributed by atoms with Gasteiger partial charge in [0.15, 0.2) is 11.5 Å². The van der Waals surface area contributed by atoms with Crippen LogP contribution in [0.3, 0.4) is 0 Å². The van der Waals surface area contributed by atoms with Crippen LogP contribution in [0.4, 0.5) is 5.82 Å². The third kappa shape index (κ3) is 5.44. The largest absolute Gasteiger partial charge is 0.454 e. The summed E-state index contributed by atoms with van der Waals surface area (Å²) < 4.78 is 18.9. The molecule has 10 heteroatoms. The van der Waals surface area contributed by atoms with Crippen LogP contribution in [0.15, 0.2) is 66.7 Å². The van der Waals surface area contributed by atoms with Crippen LogP contribution in [-0.2, 0) is 14.3 Å². The van der Waals surface area contributed by atoms with Crippen LogP contribution < -0.4 is 19.7 Å². The first kappa shape index (κ1) is 28.5. The lowest BCUT2D eigenvalue weighted by Gasteiger charge is -2.24. The predicted molar refractivity (Wildman–Crippen MR) is 170 cm³/mol. The normalized spacial score (nSPS) is 19.1. The zero-order valence-electron chi connectivity index (χ0n) is 24.7. The molecule has 1 saturated heterocycles. The number of aromatic nitrogens is 2. The lowest BCUT2D eigenvalue weighted by atomic mass is 9.99. The molecule has 1 fully saturated rings. The molecule has 2 amide bonds. The van der Waals surface area contributed by atoms with E-state index >= 15 is 0 Å². The van der Waals surface area contributed by atoms with E-state index in [1.54, 1.807) is 4.90 Å². The summed E-state index contributed by atoms with van der Waals surface area (Å²) in [5.41, 5.74) is 6.52. The number of fused-ring (bicyclic) bond motifs is 2. The smallest absolute Gasteiger partial charge is 0.240 e. The van der Waals surface area contributed by atoms with E-state index < -0.39 is 0 Å². The molecule has 4 heterocycles. The number of nitrogens with one attached hydrogen (secondary N) is 1. The molecule has 226 valence electrons. The molecule has 3 aliphatic rings. The van der Waals surface area contributed by atoms with Crippen LogP contribution >= 0.6 is 11.8 Å². The number of carbonyl (C=O) groups is 2. The van der Waals surface area contributed by atoms with E-state index in [4.69, 9.17) is 19.3 Å². The molecule has 9 nitrogen and oxygen atoms in total. The van der Waals surface area contributed by atoms with E-state index in [9.17, 15) is 9.59 Å². The first-order valence-electron chi connectivity index (χ1n) is 14.9. The minimum atomic E-state index is -0.266. The van der Waals surface area contributed by atoms with Crippen LogP contribution in [0.1, 0.15) is 40.3 Å². The van der Waals surface area contributed by atoms with Gasteiger partial charge in [-0.15, -0.1) is 11.8 Å². The molecule has 0 saturated carbocycles. The van der Waals surface area contributed by atoms with Crippen molar-refractivity contribution < 1.29 is 23.8 Å². The zero-order valence-corrected chi connectivity index (χ0v) is 25.6. The van der Waals surface area contributed by atoms with Crippen LogP contribution in [-0.4, -0.2) is 59.9 Å². The van der Waals surface area contributed by atoms with Crippen molar-refractivity contribution in [2.24, 2.45) is 0 Å². The Morgan fingerprint density at radius 2 is 1.89 bits per heavy atom. The van der Waals surface area contributed by atoms with E-state index in [1.807, 2.05) is 72.3 Å². The Bertz CT molecular complexity index is 1720. The minimum absolute atomic E-state index is 0.00529. The van der Waals surface area contributed by atoms with Crippen molar-refractivity contribution >= 4 is 29.4 Å². The molecule has 0 radical (unpaired) electrons. The van der Waals surface area contributed by atoms with Gasteiger partial charge < -0.3 is 19.5 Å². The van der Waals surface area contributed by atoms with E-state index in [0.717, 1.165) is 52.0 Å². The Labute approximate surface area is 260 Å². The molecule has 2 atom stereocenters. The number of aryl methyl sites for hydroxylation is 2. The summed E-state index contributed by atoms with van der Waals surface area (Å²) in [7, 11) is 0. The number of hydrogen-bond donors (Lipinski definition) is 1. The second-order valence-corrected chi connectivity index (χ2v) is 12.5. The molecule has 1 N–H and O–H groups in total. The topological polar surface area (TPSA) is 94.9 Å². The highest BCUT2D eigenvalue weighted by Crippen LogP contribution is 2.50. The maximum absolute atomic E-state index is 14.0. The van der Waals surface area contributed by atoms with Gasteiger partial charge in [0.2, 0.25) is 18.6 Å². The first-order chi connectivity index (χ1) is 21.5. The molecule has 7 rings (SSSR count). The fourth-order valence-corrected chi connectivity index (χ4v) is 7.30. The van der Waals surface area contributed by atoms with Gasteiger partial charge in [0.05, 0.1) is 28.5 Å². The Balaban J connectivity index is 1.40. The van der Waals surface area contributed by atoms with Gasteiger partial charge in [0, 0.05) is 24.3 Å². The number of rotatable bonds is 7. The summed E-state index contributed by atoms with van der Waals surface area (Å²) >= 11 is 1.53. The number of thioether (sulfide) groups is 1. The van der Waals surface area contributed by atoms with Crippen molar-refractivity contribution in [1.29, 1.82) is 0 Å². The number of carbonyl (C=O) groups excluding carboxylic acids is 2. The van der Waals surface area contributed by atoms with Crippen molar-refractivity contribution in [2.75, 3.05) is 37.1 Å². The second-order valence-electron chi connectivity index (χ2n) is 11.4. The Morgan fingerprint density at radius 1 is 1.05 bits per heavy atom. The Morgan fingerprint density at radius 3 is 2.68 bits per heavy atom. The molecule has 0 spiro atoms. The van der Waals surface area contributed by atoms with E-state index in [2.05, 4.69) is 18.3 Å². The van der Waals surface area contributed by atoms with Crippen molar-refractivity contribution in [2.45, 2.75) is 38.0 Å². The van der Waals surface area contributed by atoms with Crippen LogP contribution in [0.25, 0.3) is 16.9 Å². The van der Waals surface area contributed by atoms with Gasteiger partial charge in [-0.25, -0.2) is 4.68 Å². The highest BCUT2D eigenvalue weighted by molar-refractivity contribution is 8.00. The quantitative estimate of drug-likeness (QED) is 0.302. The van der Waals surface area contributed by atoms with Crippen LogP contribution in [0, 0.1) is 13.8 Å². The van der Waals surface area contributed by atoms with Crippen LogP contribution in [0.5, 0.6) is 11.5 Å².